The minimum Gasteiger partial charge on any atom is -0.348 e. The Balaban J connectivity index is 1.55. The SMILES string of the molecule is C[C@H](NC(=O)[C@@H](C)N1CCC[C@@H](C(=O)Nc2ccccc2)C1)c1ccccc1. The Labute approximate surface area is 167 Å². The molecule has 0 aromatic heterocycles. The minimum absolute atomic E-state index is 0.000436. The molecule has 2 N–H and O–H groups in total. The van der Waals surface area contributed by atoms with Gasteiger partial charge in [0.2, 0.25) is 11.8 Å². The zero-order valence-corrected chi connectivity index (χ0v) is 16.6. The van der Waals surface area contributed by atoms with Gasteiger partial charge in [-0.05, 0) is 50.9 Å². The normalized spacial score (nSPS) is 19.4. The molecule has 0 spiro atoms. The standard InChI is InChI=1S/C23H29N3O2/c1-17(19-10-5-3-6-11-19)24-22(27)18(2)26-15-9-12-20(16-26)23(28)25-21-13-7-4-8-14-21/h3-8,10-11,13-14,17-18,20H,9,12,15-16H2,1-2H3,(H,24,27)(H,25,28)/t17-,18+,20+/m0/s1. The molecule has 2 aromatic rings. The fraction of sp³-hybridized carbons (Fsp3) is 0.391. The second-order valence-electron chi connectivity index (χ2n) is 7.51. The second kappa shape index (κ2) is 9.51. The average molecular weight is 380 g/mol. The van der Waals surface area contributed by atoms with Gasteiger partial charge in [0, 0.05) is 12.2 Å². The highest BCUT2D eigenvalue weighted by atomic mass is 16.2. The Morgan fingerprint density at radius 3 is 2.32 bits per heavy atom. The Bertz CT molecular complexity index is 779. The lowest BCUT2D eigenvalue weighted by Crippen LogP contribution is -2.51. The van der Waals surface area contributed by atoms with Crippen molar-refractivity contribution in [2.45, 2.75) is 38.8 Å². The van der Waals surface area contributed by atoms with Gasteiger partial charge < -0.3 is 10.6 Å². The molecule has 2 aromatic carbocycles. The molecule has 0 aliphatic carbocycles. The molecule has 5 nitrogen and oxygen atoms in total. The lowest BCUT2D eigenvalue weighted by molar-refractivity contribution is -0.129. The lowest BCUT2D eigenvalue weighted by atomic mass is 9.95. The number of carbonyl (C=O) groups is 2. The zero-order chi connectivity index (χ0) is 19.9. The van der Waals surface area contributed by atoms with Crippen molar-refractivity contribution in [2.75, 3.05) is 18.4 Å². The molecule has 1 fully saturated rings. The van der Waals surface area contributed by atoms with E-state index in [1.807, 2.05) is 74.5 Å². The summed E-state index contributed by atoms with van der Waals surface area (Å²) in [6.45, 7) is 5.35. The zero-order valence-electron chi connectivity index (χ0n) is 16.6. The van der Waals surface area contributed by atoms with E-state index in [2.05, 4.69) is 15.5 Å². The number of nitrogens with one attached hydrogen (secondary N) is 2. The van der Waals surface area contributed by atoms with Crippen LogP contribution in [0.15, 0.2) is 60.7 Å². The van der Waals surface area contributed by atoms with Crippen molar-refractivity contribution in [1.29, 1.82) is 0 Å². The molecule has 3 atom stereocenters. The van der Waals surface area contributed by atoms with Crippen molar-refractivity contribution in [2.24, 2.45) is 5.92 Å². The number of para-hydroxylation sites is 1. The van der Waals surface area contributed by atoms with Crippen LogP contribution in [0.4, 0.5) is 5.69 Å². The van der Waals surface area contributed by atoms with Gasteiger partial charge >= 0.3 is 0 Å². The topological polar surface area (TPSA) is 61.4 Å². The smallest absolute Gasteiger partial charge is 0.237 e. The average Bonchev–Trinajstić information content (AvgIpc) is 2.74. The highest BCUT2D eigenvalue weighted by Crippen LogP contribution is 2.21. The van der Waals surface area contributed by atoms with E-state index >= 15 is 0 Å². The molecule has 0 saturated carbocycles. The number of hydrogen-bond donors (Lipinski definition) is 2. The molecule has 1 aliphatic heterocycles. The molecular formula is C23H29N3O2. The van der Waals surface area contributed by atoms with Crippen molar-refractivity contribution in [3.05, 3.63) is 66.2 Å². The van der Waals surface area contributed by atoms with E-state index in [4.69, 9.17) is 0 Å². The van der Waals surface area contributed by atoms with Crippen molar-refractivity contribution < 1.29 is 9.59 Å². The fourth-order valence-electron chi connectivity index (χ4n) is 3.66. The summed E-state index contributed by atoms with van der Waals surface area (Å²) in [4.78, 5) is 27.5. The Hall–Kier alpha value is -2.66. The fourth-order valence-corrected chi connectivity index (χ4v) is 3.66. The van der Waals surface area contributed by atoms with Gasteiger partial charge in [-0.3, -0.25) is 14.5 Å². The molecule has 0 unspecified atom stereocenters. The maximum atomic E-state index is 12.7. The number of nitrogens with zero attached hydrogens (tertiary/aromatic N) is 1. The summed E-state index contributed by atoms with van der Waals surface area (Å²) in [5, 5.41) is 6.08. The number of anilines is 1. The molecule has 5 heteroatoms. The number of likely N-dealkylation sites (tertiary alicyclic amines) is 1. The largest absolute Gasteiger partial charge is 0.348 e. The number of piperidine rings is 1. The van der Waals surface area contributed by atoms with Gasteiger partial charge in [0.15, 0.2) is 0 Å². The second-order valence-corrected chi connectivity index (χ2v) is 7.51. The molecule has 2 amide bonds. The first kappa shape index (κ1) is 20.1. The van der Waals surface area contributed by atoms with E-state index in [1.54, 1.807) is 0 Å². The van der Waals surface area contributed by atoms with E-state index in [-0.39, 0.29) is 29.8 Å². The maximum Gasteiger partial charge on any atom is 0.237 e. The molecule has 1 saturated heterocycles. The van der Waals surface area contributed by atoms with Crippen LogP contribution in [0.3, 0.4) is 0 Å². The third-order valence-electron chi connectivity index (χ3n) is 5.45. The minimum atomic E-state index is -0.265. The first-order chi connectivity index (χ1) is 13.5. The molecule has 0 radical (unpaired) electrons. The third-order valence-corrected chi connectivity index (χ3v) is 5.45. The molecule has 1 heterocycles. The van der Waals surface area contributed by atoms with E-state index in [0.717, 1.165) is 30.6 Å². The number of carbonyl (C=O) groups excluding carboxylic acids is 2. The number of amides is 2. The first-order valence-corrected chi connectivity index (χ1v) is 10.00. The molecule has 1 aliphatic rings. The van der Waals surface area contributed by atoms with Gasteiger partial charge in [-0.15, -0.1) is 0 Å². The molecule has 0 bridgehead atoms. The molecule has 28 heavy (non-hydrogen) atoms. The van der Waals surface area contributed by atoms with Crippen molar-refractivity contribution in [1.82, 2.24) is 10.2 Å². The predicted octanol–water partition coefficient (Wildman–Crippen LogP) is 3.60. The lowest BCUT2D eigenvalue weighted by Gasteiger charge is -2.35. The van der Waals surface area contributed by atoms with Crippen LogP contribution >= 0.6 is 0 Å². The Kier molecular flexibility index (Phi) is 6.82. The molecular weight excluding hydrogens is 350 g/mol. The summed E-state index contributed by atoms with van der Waals surface area (Å²) in [6, 6.07) is 19.1. The number of rotatable bonds is 6. The first-order valence-electron chi connectivity index (χ1n) is 10.00. The number of hydrogen-bond acceptors (Lipinski definition) is 3. The third kappa shape index (κ3) is 5.20. The van der Waals surface area contributed by atoms with Crippen LogP contribution in [0.5, 0.6) is 0 Å². The highest BCUT2D eigenvalue weighted by molar-refractivity contribution is 5.92. The van der Waals surface area contributed by atoms with Crippen LogP contribution in [-0.4, -0.2) is 35.8 Å². The van der Waals surface area contributed by atoms with E-state index in [9.17, 15) is 9.59 Å². The van der Waals surface area contributed by atoms with E-state index in [0.29, 0.717) is 6.54 Å². The summed E-state index contributed by atoms with van der Waals surface area (Å²) < 4.78 is 0. The van der Waals surface area contributed by atoms with Crippen molar-refractivity contribution in [3.63, 3.8) is 0 Å². The van der Waals surface area contributed by atoms with E-state index < -0.39 is 0 Å². The van der Waals surface area contributed by atoms with Crippen molar-refractivity contribution in [3.8, 4) is 0 Å². The summed E-state index contributed by atoms with van der Waals surface area (Å²) in [5.74, 6) is -0.0719. The molecule has 148 valence electrons. The van der Waals surface area contributed by atoms with Crippen LogP contribution < -0.4 is 10.6 Å². The van der Waals surface area contributed by atoms with Gasteiger partial charge in [0.1, 0.15) is 0 Å². The van der Waals surface area contributed by atoms with Gasteiger partial charge in [0.25, 0.3) is 0 Å². The van der Waals surface area contributed by atoms with Gasteiger partial charge in [0.05, 0.1) is 18.0 Å². The van der Waals surface area contributed by atoms with Gasteiger partial charge in [-0.1, -0.05) is 48.5 Å². The molecule has 3 rings (SSSR count). The van der Waals surface area contributed by atoms with Crippen LogP contribution in [0, 0.1) is 5.92 Å². The van der Waals surface area contributed by atoms with Crippen LogP contribution in [0.1, 0.15) is 38.3 Å². The van der Waals surface area contributed by atoms with Crippen molar-refractivity contribution >= 4 is 17.5 Å². The highest BCUT2D eigenvalue weighted by Gasteiger charge is 2.31. The monoisotopic (exact) mass is 379 g/mol. The number of benzene rings is 2. The Morgan fingerprint density at radius 1 is 1.00 bits per heavy atom. The van der Waals surface area contributed by atoms with Crippen LogP contribution in [0.2, 0.25) is 0 Å². The Morgan fingerprint density at radius 2 is 1.64 bits per heavy atom. The van der Waals surface area contributed by atoms with E-state index in [1.165, 1.54) is 0 Å². The summed E-state index contributed by atoms with van der Waals surface area (Å²) in [6.07, 6.45) is 1.77. The summed E-state index contributed by atoms with van der Waals surface area (Å²) in [5.41, 5.74) is 1.90. The summed E-state index contributed by atoms with van der Waals surface area (Å²) >= 11 is 0. The quantitative estimate of drug-likeness (QED) is 0.806. The van der Waals surface area contributed by atoms with Crippen LogP contribution in [-0.2, 0) is 9.59 Å². The summed E-state index contributed by atoms with van der Waals surface area (Å²) in [7, 11) is 0. The predicted molar refractivity (Wildman–Crippen MR) is 112 cm³/mol. The van der Waals surface area contributed by atoms with Gasteiger partial charge in [-0.25, -0.2) is 0 Å². The maximum absolute atomic E-state index is 12.7. The van der Waals surface area contributed by atoms with Crippen LogP contribution in [0.25, 0.3) is 0 Å². The van der Waals surface area contributed by atoms with Gasteiger partial charge in [-0.2, -0.15) is 0 Å².